The molecule has 2 saturated carbocycles. The highest BCUT2D eigenvalue weighted by Gasteiger charge is 2.25. The molecule has 8 nitrogen and oxygen atoms in total. The Balaban J connectivity index is 0.000000320. The number of hydrogen-bond donors (Lipinski definition) is 4. The Morgan fingerprint density at radius 2 is 0.812 bits per heavy atom. The van der Waals surface area contributed by atoms with Crippen LogP contribution in [0.15, 0.2) is 0 Å². The molecule has 0 aromatic carbocycles. The van der Waals surface area contributed by atoms with Crippen LogP contribution in [0.1, 0.15) is 92.9 Å². The zero-order valence-electron chi connectivity index (χ0n) is 21.6. The van der Waals surface area contributed by atoms with Gasteiger partial charge in [-0.1, -0.05) is 0 Å². The molecule has 0 heterocycles. The molecule has 2 aliphatic rings. The van der Waals surface area contributed by atoms with Crippen molar-refractivity contribution >= 4 is 12.2 Å². The fraction of sp³-hybridized carbons (Fsp3) is 0.917. The second-order valence-corrected chi connectivity index (χ2v) is 11.0. The van der Waals surface area contributed by atoms with Crippen molar-refractivity contribution in [1.82, 2.24) is 21.3 Å². The smallest absolute Gasteiger partial charge is 0.407 e. The van der Waals surface area contributed by atoms with Gasteiger partial charge in [0.15, 0.2) is 0 Å². The summed E-state index contributed by atoms with van der Waals surface area (Å²) >= 11 is 0. The molecule has 0 spiro atoms. The Morgan fingerprint density at radius 1 is 0.562 bits per heavy atom. The summed E-state index contributed by atoms with van der Waals surface area (Å²) in [6.07, 6.45) is 8.04. The first kappa shape index (κ1) is 28.5. The summed E-state index contributed by atoms with van der Waals surface area (Å²) < 4.78 is 10.5. The first-order valence-corrected chi connectivity index (χ1v) is 12.1. The molecular formula is C24H48N4O4. The maximum absolute atomic E-state index is 11.5. The van der Waals surface area contributed by atoms with Crippen LogP contribution in [-0.2, 0) is 9.47 Å². The van der Waals surface area contributed by atoms with E-state index in [1.165, 1.54) is 0 Å². The van der Waals surface area contributed by atoms with E-state index in [0.717, 1.165) is 51.4 Å². The van der Waals surface area contributed by atoms with Gasteiger partial charge in [0.25, 0.3) is 0 Å². The molecule has 188 valence electrons. The third kappa shape index (κ3) is 13.1. The van der Waals surface area contributed by atoms with Crippen LogP contribution in [0.5, 0.6) is 0 Å². The van der Waals surface area contributed by atoms with Gasteiger partial charge in [0.05, 0.1) is 0 Å². The predicted molar refractivity (Wildman–Crippen MR) is 129 cm³/mol. The maximum atomic E-state index is 11.5. The summed E-state index contributed by atoms with van der Waals surface area (Å²) in [4.78, 5) is 23.1. The number of rotatable bonds is 4. The first-order chi connectivity index (χ1) is 14.8. The summed E-state index contributed by atoms with van der Waals surface area (Å²) in [6, 6.07) is 1.77. The molecule has 0 aromatic heterocycles. The average Bonchev–Trinajstić information content (AvgIpc) is 2.66. The van der Waals surface area contributed by atoms with Crippen molar-refractivity contribution in [2.24, 2.45) is 0 Å². The van der Waals surface area contributed by atoms with Crippen molar-refractivity contribution in [1.29, 1.82) is 0 Å². The van der Waals surface area contributed by atoms with Crippen LogP contribution >= 0.6 is 0 Å². The molecule has 0 atom stereocenters. The van der Waals surface area contributed by atoms with E-state index in [9.17, 15) is 9.59 Å². The van der Waals surface area contributed by atoms with Crippen LogP contribution in [0.4, 0.5) is 9.59 Å². The van der Waals surface area contributed by atoms with Crippen LogP contribution in [0.2, 0.25) is 0 Å². The molecule has 0 bridgehead atoms. The second kappa shape index (κ2) is 13.2. The molecule has 2 aliphatic carbocycles. The van der Waals surface area contributed by atoms with E-state index in [0.29, 0.717) is 12.1 Å². The van der Waals surface area contributed by atoms with Crippen LogP contribution in [-0.4, -0.2) is 61.7 Å². The summed E-state index contributed by atoms with van der Waals surface area (Å²) in [5.74, 6) is 0. The predicted octanol–water partition coefficient (Wildman–Crippen LogP) is 4.08. The van der Waals surface area contributed by atoms with Gasteiger partial charge in [0.2, 0.25) is 0 Å². The fourth-order valence-corrected chi connectivity index (χ4v) is 4.00. The number of amides is 2. The van der Waals surface area contributed by atoms with Gasteiger partial charge in [-0.05, 0) is 107 Å². The van der Waals surface area contributed by atoms with E-state index in [2.05, 4.69) is 21.3 Å². The lowest BCUT2D eigenvalue weighted by atomic mass is 9.91. The molecule has 0 saturated heterocycles. The van der Waals surface area contributed by atoms with E-state index >= 15 is 0 Å². The lowest BCUT2D eigenvalue weighted by Crippen LogP contribution is -2.43. The number of nitrogens with one attached hydrogen (secondary N) is 4. The molecule has 32 heavy (non-hydrogen) atoms. The molecule has 4 N–H and O–H groups in total. The van der Waals surface area contributed by atoms with Crippen molar-refractivity contribution < 1.29 is 19.1 Å². The summed E-state index contributed by atoms with van der Waals surface area (Å²) in [5.41, 5.74) is -0.821. The van der Waals surface area contributed by atoms with E-state index < -0.39 is 11.2 Å². The van der Waals surface area contributed by atoms with Gasteiger partial charge in [-0.2, -0.15) is 0 Å². The Morgan fingerprint density at radius 3 is 1.03 bits per heavy atom. The van der Waals surface area contributed by atoms with E-state index in [1.54, 1.807) is 0 Å². The molecule has 0 radical (unpaired) electrons. The van der Waals surface area contributed by atoms with Gasteiger partial charge >= 0.3 is 12.2 Å². The Bertz CT molecular complexity index is 505. The lowest BCUT2D eigenvalue weighted by molar-refractivity contribution is 0.0478. The van der Waals surface area contributed by atoms with Crippen LogP contribution in [0.3, 0.4) is 0 Å². The quantitative estimate of drug-likeness (QED) is 0.508. The van der Waals surface area contributed by atoms with E-state index in [-0.39, 0.29) is 24.3 Å². The molecule has 2 rings (SSSR count). The van der Waals surface area contributed by atoms with Crippen molar-refractivity contribution in [2.75, 3.05) is 14.1 Å². The standard InChI is InChI=1S/2C12H24N2O2/c2*1-12(2,3)16-11(15)14-10-7-5-9(13-4)6-8-10/h2*9-10,13H,5-8H2,1-4H3,(H,14,15). The second-order valence-electron chi connectivity index (χ2n) is 11.0. The van der Waals surface area contributed by atoms with Crippen molar-refractivity contribution in [3.8, 4) is 0 Å². The molecule has 2 amide bonds. The molecule has 8 heteroatoms. The molecule has 0 aliphatic heterocycles. The number of hydrogen-bond acceptors (Lipinski definition) is 6. The minimum Gasteiger partial charge on any atom is -0.444 e. The Labute approximate surface area is 195 Å². The number of carbonyl (C=O) groups excluding carboxylic acids is 2. The molecule has 2 fully saturated rings. The fourth-order valence-electron chi connectivity index (χ4n) is 4.00. The Kier molecular flexibility index (Phi) is 11.8. The average molecular weight is 457 g/mol. The van der Waals surface area contributed by atoms with Crippen LogP contribution in [0.25, 0.3) is 0 Å². The SMILES string of the molecule is CNC1CCC(NC(=O)OC(C)(C)C)CC1.CNC1CCC(NC(=O)OC(C)(C)C)CC1. The Hall–Kier alpha value is -1.54. The normalized spacial score (nSPS) is 26.2. The number of carbonyl (C=O) groups is 2. The van der Waals surface area contributed by atoms with Crippen molar-refractivity contribution in [3.63, 3.8) is 0 Å². The molecular weight excluding hydrogens is 408 g/mol. The van der Waals surface area contributed by atoms with Gasteiger partial charge in [-0.15, -0.1) is 0 Å². The monoisotopic (exact) mass is 456 g/mol. The van der Waals surface area contributed by atoms with E-state index in [1.807, 2.05) is 55.6 Å². The zero-order valence-corrected chi connectivity index (χ0v) is 21.6. The van der Waals surface area contributed by atoms with Crippen molar-refractivity contribution in [3.05, 3.63) is 0 Å². The highest BCUT2D eigenvalue weighted by atomic mass is 16.6. The van der Waals surface area contributed by atoms with Gasteiger partial charge in [0, 0.05) is 24.2 Å². The third-order valence-corrected chi connectivity index (χ3v) is 5.71. The maximum Gasteiger partial charge on any atom is 0.407 e. The first-order valence-electron chi connectivity index (χ1n) is 12.1. The summed E-state index contributed by atoms with van der Waals surface area (Å²) in [7, 11) is 3.98. The third-order valence-electron chi connectivity index (χ3n) is 5.71. The highest BCUT2D eigenvalue weighted by molar-refractivity contribution is 5.68. The molecule has 0 aromatic rings. The van der Waals surface area contributed by atoms with Gasteiger partial charge in [0.1, 0.15) is 11.2 Å². The van der Waals surface area contributed by atoms with Gasteiger partial charge in [-0.3, -0.25) is 0 Å². The number of alkyl carbamates (subject to hydrolysis) is 2. The van der Waals surface area contributed by atoms with Crippen LogP contribution < -0.4 is 21.3 Å². The summed E-state index contributed by atoms with van der Waals surface area (Å²) in [6.45, 7) is 11.3. The zero-order chi connectivity index (χ0) is 24.4. The topological polar surface area (TPSA) is 101 Å². The minimum absolute atomic E-state index is 0.277. The highest BCUT2D eigenvalue weighted by Crippen LogP contribution is 2.20. The van der Waals surface area contributed by atoms with Gasteiger partial charge < -0.3 is 30.7 Å². The lowest BCUT2D eigenvalue weighted by Gasteiger charge is -2.29. The van der Waals surface area contributed by atoms with Crippen LogP contribution in [0, 0.1) is 0 Å². The number of ether oxygens (including phenoxy) is 2. The summed E-state index contributed by atoms with van der Waals surface area (Å²) in [5, 5.41) is 12.4. The van der Waals surface area contributed by atoms with Crippen molar-refractivity contribution in [2.45, 2.75) is 128 Å². The minimum atomic E-state index is -0.410. The van der Waals surface area contributed by atoms with E-state index in [4.69, 9.17) is 9.47 Å². The molecule has 0 unspecified atom stereocenters. The largest absolute Gasteiger partial charge is 0.444 e. The van der Waals surface area contributed by atoms with Gasteiger partial charge in [-0.25, -0.2) is 9.59 Å².